The third kappa shape index (κ3) is 4.86. The maximum Gasteiger partial charge on any atom is 0.303 e. The van der Waals surface area contributed by atoms with E-state index in [1.165, 1.54) is 19.3 Å². The number of allylic oxidation sites excluding steroid dienone is 6. The highest BCUT2D eigenvalue weighted by Crippen LogP contribution is 2.54. The molecule has 0 aromatic carbocycles. The first kappa shape index (κ1) is 20.0. The monoisotopic (exact) mass is 344 g/mol. The fraction of sp³-hybridized carbons (Fsp3) is 0.696. The van der Waals surface area contributed by atoms with E-state index < -0.39 is 5.97 Å². The van der Waals surface area contributed by atoms with Crippen LogP contribution in [-0.4, -0.2) is 11.1 Å². The van der Waals surface area contributed by atoms with Crippen LogP contribution in [0.25, 0.3) is 0 Å². The normalized spacial score (nSPS) is 26.3. The topological polar surface area (TPSA) is 37.3 Å². The van der Waals surface area contributed by atoms with Crippen molar-refractivity contribution in [3.8, 4) is 0 Å². The van der Waals surface area contributed by atoms with E-state index in [-0.39, 0.29) is 12.3 Å². The molecule has 2 rings (SSSR count). The SMILES string of the molecule is CC(C=CCCC1=CC2=C(CC1C)C(C)(C)CCC2(C)C)CC(=O)O. The number of rotatable bonds is 6. The highest BCUT2D eigenvalue weighted by molar-refractivity contribution is 5.67. The fourth-order valence-electron chi connectivity index (χ4n) is 4.36. The quantitative estimate of drug-likeness (QED) is 0.555. The van der Waals surface area contributed by atoms with Crippen LogP contribution in [0.3, 0.4) is 0 Å². The second-order valence-electron chi connectivity index (χ2n) is 9.53. The Morgan fingerprint density at radius 3 is 2.56 bits per heavy atom. The van der Waals surface area contributed by atoms with Crippen molar-refractivity contribution in [3.05, 3.63) is 34.9 Å². The van der Waals surface area contributed by atoms with Gasteiger partial charge in [0.25, 0.3) is 0 Å². The third-order valence-electron chi connectivity index (χ3n) is 6.28. The van der Waals surface area contributed by atoms with Crippen molar-refractivity contribution in [1.29, 1.82) is 0 Å². The number of carboxylic acid groups (broad SMARTS) is 1. The Kier molecular flexibility index (Phi) is 6.01. The molecule has 0 amide bonds. The first-order valence-electron chi connectivity index (χ1n) is 9.86. The van der Waals surface area contributed by atoms with E-state index in [0.717, 1.165) is 12.8 Å². The molecule has 1 N–H and O–H groups in total. The number of hydrogen-bond donors (Lipinski definition) is 1. The Labute approximate surface area is 154 Å². The average Bonchev–Trinajstić information content (AvgIpc) is 2.48. The molecule has 2 unspecified atom stereocenters. The fourth-order valence-corrected chi connectivity index (χ4v) is 4.36. The van der Waals surface area contributed by atoms with Gasteiger partial charge in [0.2, 0.25) is 0 Å². The van der Waals surface area contributed by atoms with Crippen molar-refractivity contribution in [2.24, 2.45) is 22.7 Å². The number of carboxylic acids is 1. The summed E-state index contributed by atoms with van der Waals surface area (Å²) in [7, 11) is 0. The molecule has 2 aliphatic rings. The van der Waals surface area contributed by atoms with Gasteiger partial charge in [0.1, 0.15) is 0 Å². The summed E-state index contributed by atoms with van der Waals surface area (Å²) in [6, 6.07) is 0. The zero-order chi connectivity index (χ0) is 18.8. The van der Waals surface area contributed by atoms with E-state index in [2.05, 4.69) is 52.8 Å². The lowest BCUT2D eigenvalue weighted by molar-refractivity contribution is -0.137. The first-order chi connectivity index (χ1) is 11.5. The highest BCUT2D eigenvalue weighted by Gasteiger charge is 2.40. The molecule has 2 nitrogen and oxygen atoms in total. The molecule has 0 saturated heterocycles. The van der Waals surface area contributed by atoms with Crippen molar-refractivity contribution in [3.63, 3.8) is 0 Å². The standard InChI is InChI=1S/C23H36O2/c1-16(13-21(24)25)9-7-8-10-18-15-20-19(14-17(18)2)22(3,4)11-12-23(20,5)6/h7,9,15-17H,8,10-14H2,1-6H3,(H,24,25). The molecule has 140 valence electrons. The van der Waals surface area contributed by atoms with E-state index in [1.54, 1.807) is 16.7 Å². The summed E-state index contributed by atoms with van der Waals surface area (Å²) in [6.07, 6.45) is 12.8. The van der Waals surface area contributed by atoms with Crippen LogP contribution in [0.4, 0.5) is 0 Å². The molecular formula is C23H36O2. The lowest BCUT2D eigenvalue weighted by Gasteiger charge is -2.46. The lowest BCUT2D eigenvalue weighted by atomic mass is 9.59. The molecule has 0 bridgehead atoms. The van der Waals surface area contributed by atoms with Gasteiger partial charge in [0, 0.05) is 0 Å². The summed E-state index contributed by atoms with van der Waals surface area (Å²) < 4.78 is 0. The van der Waals surface area contributed by atoms with Gasteiger partial charge < -0.3 is 5.11 Å². The van der Waals surface area contributed by atoms with Crippen molar-refractivity contribution in [2.45, 2.75) is 80.1 Å². The van der Waals surface area contributed by atoms with Crippen molar-refractivity contribution in [1.82, 2.24) is 0 Å². The van der Waals surface area contributed by atoms with Gasteiger partial charge in [0.15, 0.2) is 0 Å². The van der Waals surface area contributed by atoms with Crippen molar-refractivity contribution >= 4 is 5.97 Å². The molecule has 2 atom stereocenters. The highest BCUT2D eigenvalue weighted by atomic mass is 16.4. The van der Waals surface area contributed by atoms with Gasteiger partial charge in [-0.1, -0.05) is 70.9 Å². The summed E-state index contributed by atoms with van der Waals surface area (Å²) in [5, 5.41) is 8.83. The summed E-state index contributed by atoms with van der Waals surface area (Å²) in [5.74, 6) is 0.0155. The molecule has 0 spiro atoms. The van der Waals surface area contributed by atoms with E-state index in [0.29, 0.717) is 16.7 Å². The molecular weight excluding hydrogens is 308 g/mol. The smallest absolute Gasteiger partial charge is 0.303 e. The molecule has 0 aliphatic heterocycles. The van der Waals surface area contributed by atoms with E-state index in [4.69, 9.17) is 5.11 Å². The van der Waals surface area contributed by atoms with Gasteiger partial charge in [0.05, 0.1) is 6.42 Å². The van der Waals surface area contributed by atoms with Crippen LogP contribution in [0.1, 0.15) is 80.1 Å². The first-order valence-corrected chi connectivity index (χ1v) is 9.86. The lowest BCUT2D eigenvalue weighted by Crippen LogP contribution is -2.33. The van der Waals surface area contributed by atoms with Gasteiger partial charge in [-0.2, -0.15) is 0 Å². The number of hydrogen-bond acceptors (Lipinski definition) is 1. The van der Waals surface area contributed by atoms with Gasteiger partial charge in [-0.3, -0.25) is 4.79 Å². The van der Waals surface area contributed by atoms with Crippen LogP contribution in [0, 0.1) is 22.7 Å². The van der Waals surface area contributed by atoms with Gasteiger partial charge in [-0.05, 0) is 60.3 Å². The average molecular weight is 345 g/mol. The number of carbonyl (C=O) groups is 1. The zero-order valence-electron chi connectivity index (χ0n) is 17.0. The summed E-state index contributed by atoms with van der Waals surface area (Å²) >= 11 is 0. The Bertz CT molecular complexity index is 602. The van der Waals surface area contributed by atoms with Gasteiger partial charge in [-0.15, -0.1) is 0 Å². The van der Waals surface area contributed by atoms with Crippen molar-refractivity contribution < 1.29 is 9.90 Å². The summed E-state index contributed by atoms with van der Waals surface area (Å²) in [5.41, 5.74) is 5.49. The minimum Gasteiger partial charge on any atom is -0.481 e. The Morgan fingerprint density at radius 1 is 1.28 bits per heavy atom. The Balaban J connectivity index is 2.09. The third-order valence-corrected chi connectivity index (χ3v) is 6.28. The minimum absolute atomic E-state index is 0.114. The predicted molar refractivity (Wildman–Crippen MR) is 105 cm³/mol. The van der Waals surface area contributed by atoms with Crippen LogP contribution in [0.5, 0.6) is 0 Å². The second-order valence-corrected chi connectivity index (χ2v) is 9.53. The van der Waals surface area contributed by atoms with Crippen LogP contribution < -0.4 is 0 Å². The molecule has 2 heteroatoms. The molecule has 25 heavy (non-hydrogen) atoms. The summed E-state index contributed by atoms with van der Waals surface area (Å²) in [4.78, 5) is 10.7. The minimum atomic E-state index is -0.720. The largest absolute Gasteiger partial charge is 0.481 e. The molecule has 0 aromatic rings. The van der Waals surface area contributed by atoms with Crippen LogP contribution in [0.2, 0.25) is 0 Å². The van der Waals surface area contributed by atoms with Crippen molar-refractivity contribution in [2.75, 3.05) is 0 Å². The van der Waals surface area contributed by atoms with E-state index >= 15 is 0 Å². The molecule has 0 fully saturated rings. The van der Waals surface area contributed by atoms with Gasteiger partial charge in [-0.25, -0.2) is 0 Å². The van der Waals surface area contributed by atoms with Crippen LogP contribution in [0.15, 0.2) is 34.9 Å². The zero-order valence-corrected chi connectivity index (χ0v) is 17.0. The maximum atomic E-state index is 10.7. The Hall–Kier alpha value is -1.31. The van der Waals surface area contributed by atoms with Gasteiger partial charge >= 0.3 is 5.97 Å². The molecule has 0 radical (unpaired) electrons. The number of aliphatic carboxylic acids is 1. The van der Waals surface area contributed by atoms with E-state index in [9.17, 15) is 4.79 Å². The molecule has 0 aromatic heterocycles. The maximum absolute atomic E-state index is 10.7. The van der Waals surface area contributed by atoms with Crippen LogP contribution >= 0.6 is 0 Å². The Morgan fingerprint density at radius 2 is 1.92 bits per heavy atom. The van der Waals surface area contributed by atoms with E-state index in [1.807, 2.05) is 6.92 Å². The molecule has 0 heterocycles. The summed E-state index contributed by atoms with van der Waals surface area (Å²) in [6.45, 7) is 14.0. The second kappa shape index (κ2) is 7.51. The molecule has 0 saturated carbocycles. The van der Waals surface area contributed by atoms with Crippen LogP contribution in [-0.2, 0) is 4.79 Å². The molecule has 2 aliphatic carbocycles. The predicted octanol–water partition coefficient (Wildman–Crippen LogP) is 6.54.